The summed E-state index contributed by atoms with van der Waals surface area (Å²) in [7, 11) is 0. The van der Waals surface area contributed by atoms with E-state index in [2.05, 4.69) is 20.4 Å². The fourth-order valence-electron chi connectivity index (χ4n) is 6.88. The first kappa shape index (κ1) is 21.4. The van der Waals surface area contributed by atoms with Crippen molar-refractivity contribution in [1.82, 2.24) is 0 Å². The van der Waals surface area contributed by atoms with Gasteiger partial charge in [0, 0.05) is 30.3 Å². The quantitative estimate of drug-likeness (QED) is 0.538. The Morgan fingerprint density at radius 1 is 1.27 bits per heavy atom. The molecule has 0 radical (unpaired) electrons. The average Bonchev–Trinajstić information content (AvgIpc) is 2.70. The minimum atomic E-state index is -1.22. The number of carbonyl (C=O) groups excluding carboxylic acids is 2. The van der Waals surface area contributed by atoms with Gasteiger partial charge in [0.1, 0.15) is 17.5 Å². The third-order valence-electron chi connectivity index (χ3n) is 7.84. The van der Waals surface area contributed by atoms with Gasteiger partial charge in [0.2, 0.25) is 0 Å². The normalized spacial score (nSPS) is 46.7. The van der Waals surface area contributed by atoms with Crippen molar-refractivity contribution in [2.75, 3.05) is 0 Å². The number of hydrogen-bond acceptors (Lipinski definition) is 7. The fourth-order valence-corrected chi connectivity index (χ4v) is 6.88. The van der Waals surface area contributed by atoms with Gasteiger partial charge in [0.15, 0.2) is 6.10 Å². The maximum Gasteiger partial charge on any atom is 0.513 e. The van der Waals surface area contributed by atoms with Gasteiger partial charge < -0.3 is 24.1 Å². The molecule has 0 bridgehead atoms. The van der Waals surface area contributed by atoms with E-state index in [1.54, 1.807) is 13.0 Å². The standard InChI is InChI=1S/C23H32O7/c1-8-21(5)11-13-16-22(6)14(29-19(26)28-13)9-10-20(3,4)17(22)15(25)18(27-12(2)24)23(16,7)30-21/h8,14-15,17-18,25H,1,9-11H2,2-7H3/t14-,15-,17?,18-,21-,22+,23-/m0/s1. The minimum absolute atomic E-state index is 0.293. The summed E-state index contributed by atoms with van der Waals surface area (Å²) in [6.45, 7) is 15.1. The van der Waals surface area contributed by atoms with Crippen LogP contribution < -0.4 is 0 Å². The Kier molecular flexibility index (Phi) is 4.51. The molecule has 0 aromatic heterocycles. The summed E-state index contributed by atoms with van der Waals surface area (Å²) in [5.74, 6) is -0.377. The van der Waals surface area contributed by atoms with Gasteiger partial charge in [-0.15, -0.1) is 6.58 Å². The van der Waals surface area contributed by atoms with E-state index in [-0.39, 0.29) is 11.3 Å². The Bertz CT molecular complexity index is 844. The molecule has 0 amide bonds. The van der Waals surface area contributed by atoms with Gasteiger partial charge in [-0.3, -0.25) is 4.79 Å². The van der Waals surface area contributed by atoms with Crippen molar-refractivity contribution >= 4 is 12.1 Å². The highest BCUT2D eigenvalue weighted by Crippen LogP contribution is 2.67. The summed E-state index contributed by atoms with van der Waals surface area (Å²) >= 11 is 0. The number of rotatable bonds is 2. The molecule has 0 aromatic rings. The van der Waals surface area contributed by atoms with Crippen LogP contribution in [0.25, 0.3) is 0 Å². The lowest BCUT2D eigenvalue weighted by molar-refractivity contribution is -0.262. The number of carbonyl (C=O) groups is 2. The molecule has 7 heteroatoms. The molecule has 2 fully saturated rings. The summed E-state index contributed by atoms with van der Waals surface area (Å²) in [5, 5.41) is 11.7. The van der Waals surface area contributed by atoms with Gasteiger partial charge in [-0.1, -0.05) is 26.8 Å². The highest BCUT2D eigenvalue weighted by molar-refractivity contribution is 5.67. The first-order valence-electron chi connectivity index (χ1n) is 10.6. The maximum absolute atomic E-state index is 12.6. The lowest BCUT2D eigenvalue weighted by atomic mass is 9.44. The van der Waals surface area contributed by atoms with Crippen LogP contribution in [-0.2, 0) is 23.7 Å². The summed E-state index contributed by atoms with van der Waals surface area (Å²) in [6.07, 6.45) is 0.142. The zero-order chi connectivity index (χ0) is 22.3. The SMILES string of the molecule is C=C[C@@]1(C)CC2=C3[C@](C)(O1)[C@@H](OC(C)=O)[C@@H](O)C1C(C)(C)CC[C@H](OC(=O)O2)[C@]31C. The molecular weight excluding hydrogens is 388 g/mol. The van der Waals surface area contributed by atoms with E-state index in [1.807, 2.05) is 13.8 Å². The summed E-state index contributed by atoms with van der Waals surface area (Å²) in [4.78, 5) is 24.6. The number of hydrogen-bond donors (Lipinski definition) is 1. The number of aliphatic hydroxyl groups excluding tert-OH is 1. The van der Waals surface area contributed by atoms with Crippen molar-refractivity contribution in [3.8, 4) is 0 Å². The molecule has 0 saturated heterocycles. The van der Waals surface area contributed by atoms with Crippen LogP contribution in [0, 0.1) is 16.7 Å². The molecule has 166 valence electrons. The molecule has 30 heavy (non-hydrogen) atoms. The van der Waals surface area contributed by atoms with Crippen LogP contribution in [0.15, 0.2) is 24.0 Å². The molecular formula is C23H32O7. The maximum atomic E-state index is 12.6. The molecule has 4 rings (SSSR count). The van der Waals surface area contributed by atoms with Crippen LogP contribution in [0.1, 0.15) is 60.8 Å². The molecule has 7 atom stereocenters. The van der Waals surface area contributed by atoms with E-state index < -0.39 is 47.1 Å². The van der Waals surface area contributed by atoms with Crippen LogP contribution in [0.4, 0.5) is 4.79 Å². The number of ether oxygens (including phenoxy) is 4. The lowest BCUT2D eigenvalue weighted by Crippen LogP contribution is -2.72. The topological polar surface area (TPSA) is 91.3 Å². The van der Waals surface area contributed by atoms with Gasteiger partial charge in [0.05, 0.1) is 11.7 Å². The number of aliphatic hydroxyl groups is 1. The van der Waals surface area contributed by atoms with E-state index in [4.69, 9.17) is 18.9 Å². The predicted octanol–water partition coefficient (Wildman–Crippen LogP) is 3.65. The molecule has 2 aliphatic heterocycles. The zero-order valence-corrected chi connectivity index (χ0v) is 18.6. The average molecular weight is 421 g/mol. The summed E-state index contributed by atoms with van der Waals surface area (Å²) < 4.78 is 23.8. The van der Waals surface area contributed by atoms with Gasteiger partial charge >= 0.3 is 12.1 Å². The van der Waals surface area contributed by atoms with E-state index in [0.717, 1.165) is 12.0 Å². The van der Waals surface area contributed by atoms with E-state index in [1.165, 1.54) is 6.92 Å². The first-order chi connectivity index (χ1) is 13.8. The van der Waals surface area contributed by atoms with Gasteiger partial charge in [-0.05, 0) is 32.1 Å². The molecule has 1 unspecified atom stereocenters. The van der Waals surface area contributed by atoms with Gasteiger partial charge in [-0.25, -0.2) is 4.79 Å². The van der Waals surface area contributed by atoms with E-state index in [9.17, 15) is 14.7 Å². The van der Waals surface area contributed by atoms with Crippen molar-refractivity contribution in [3.63, 3.8) is 0 Å². The van der Waals surface area contributed by atoms with Crippen LogP contribution in [-0.4, -0.2) is 46.7 Å². The second-order valence-corrected chi connectivity index (χ2v) is 10.5. The van der Waals surface area contributed by atoms with Crippen molar-refractivity contribution in [3.05, 3.63) is 24.0 Å². The number of esters is 1. The zero-order valence-electron chi connectivity index (χ0n) is 18.6. The Balaban J connectivity index is 2.04. The van der Waals surface area contributed by atoms with Crippen LogP contribution >= 0.6 is 0 Å². The molecule has 2 heterocycles. The lowest BCUT2D eigenvalue weighted by Gasteiger charge is -2.65. The van der Waals surface area contributed by atoms with Gasteiger partial charge in [0.25, 0.3) is 0 Å². The second-order valence-electron chi connectivity index (χ2n) is 10.5. The first-order valence-corrected chi connectivity index (χ1v) is 10.6. The monoisotopic (exact) mass is 420 g/mol. The molecule has 2 saturated carbocycles. The fraction of sp³-hybridized carbons (Fsp3) is 0.739. The molecule has 0 spiro atoms. The molecule has 2 aliphatic carbocycles. The largest absolute Gasteiger partial charge is 0.513 e. The van der Waals surface area contributed by atoms with E-state index in [0.29, 0.717) is 18.6 Å². The molecule has 7 nitrogen and oxygen atoms in total. The molecule has 1 N–H and O–H groups in total. The molecule has 0 aromatic carbocycles. The smallest absolute Gasteiger partial charge is 0.456 e. The Hall–Kier alpha value is -1.86. The summed E-state index contributed by atoms with van der Waals surface area (Å²) in [6, 6.07) is 0. The Morgan fingerprint density at radius 3 is 2.53 bits per heavy atom. The third-order valence-corrected chi connectivity index (χ3v) is 7.84. The summed E-state index contributed by atoms with van der Waals surface area (Å²) in [5.41, 5.74) is -2.37. The molecule has 4 aliphatic rings. The Labute approximate surface area is 177 Å². The van der Waals surface area contributed by atoms with Crippen LogP contribution in [0.2, 0.25) is 0 Å². The van der Waals surface area contributed by atoms with Crippen LogP contribution in [0.5, 0.6) is 0 Å². The Morgan fingerprint density at radius 2 is 1.93 bits per heavy atom. The second kappa shape index (κ2) is 6.33. The van der Waals surface area contributed by atoms with Crippen molar-refractivity contribution in [2.45, 2.75) is 90.3 Å². The van der Waals surface area contributed by atoms with Crippen LogP contribution in [0.3, 0.4) is 0 Å². The predicted molar refractivity (Wildman–Crippen MR) is 107 cm³/mol. The van der Waals surface area contributed by atoms with Gasteiger partial charge in [-0.2, -0.15) is 0 Å². The highest BCUT2D eigenvalue weighted by atomic mass is 16.7. The minimum Gasteiger partial charge on any atom is -0.456 e. The van der Waals surface area contributed by atoms with Crippen molar-refractivity contribution in [2.24, 2.45) is 16.7 Å². The van der Waals surface area contributed by atoms with Crippen molar-refractivity contribution < 1.29 is 33.6 Å². The third kappa shape index (κ3) is 2.71. The highest BCUT2D eigenvalue weighted by Gasteiger charge is 2.72. The van der Waals surface area contributed by atoms with Crippen molar-refractivity contribution in [1.29, 1.82) is 0 Å². The van der Waals surface area contributed by atoms with E-state index >= 15 is 0 Å².